The van der Waals surface area contributed by atoms with Gasteiger partial charge in [0.05, 0.1) is 12.7 Å². The molecule has 0 aromatic rings. The summed E-state index contributed by atoms with van der Waals surface area (Å²) in [5.74, 6) is -0.140. The lowest BCUT2D eigenvalue weighted by Crippen LogP contribution is -2.29. The van der Waals surface area contributed by atoms with Crippen LogP contribution >= 0.6 is 7.82 Å². The molecule has 0 aliphatic heterocycles. The van der Waals surface area contributed by atoms with Crippen LogP contribution in [0.3, 0.4) is 0 Å². The Morgan fingerprint density at radius 2 is 1.04 bits per heavy atom. The molecule has 2 atom stereocenters. The van der Waals surface area contributed by atoms with Gasteiger partial charge < -0.3 is 24.4 Å². The molecular formula is C43H77O9P. The van der Waals surface area contributed by atoms with Crippen LogP contribution in [0, 0.1) is 5.92 Å². The molecule has 3 N–H and O–H groups in total. The van der Waals surface area contributed by atoms with Crippen molar-refractivity contribution in [1.82, 2.24) is 0 Å². The maximum absolute atomic E-state index is 12.4. The first kappa shape index (κ1) is 51.0. The highest BCUT2D eigenvalue weighted by Gasteiger charge is 2.22. The van der Waals surface area contributed by atoms with Crippen LogP contribution in [-0.2, 0) is 28.2 Å². The second-order valence-electron chi connectivity index (χ2n) is 14.6. The molecule has 0 saturated carbocycles. The Morgan fingerprint density at radius 3 is 1.53 bits per heavy atom. The Morgan fingerprint density at radius 1 is 0.585 bits per heavy atom. The third kappa shape index (κ3) is 41.0. The number of hydrogen-bond donors (Lipinski definition) is 3. The first-order chi connectivity index (χ1) is 25.5. The molecule has 0 aliphatic carbocycles. The molecule has 10 heteroatoms. The number of aliphatic hydroxyl groups is 1. The lowest BCUT2D eigenvalue weighted by Gasteiger charge is -2.18. The molecule has 0 spiro atoms. The Labute approximate surface area is 323 Å². The van der Waals surface area contributed by atoms with Gasteiger partial charge in [0.2, 0.25) is 0 Å². The highest BCUT2D eigenvalue weighted by Crippen LogP contribution is 2.36. The van der Waals surface area contributed by atoms with Crippen LogP contribution < -0.4 is 0 Å². The topological polar surface area (TPSA) is 140 Å². The minimum atomic E-state index is -4.78. The molecule has 0 aliphatic rings. The predicted molar refractivity (Wildman–Crippen MR) is 217 cm³/mol. The van der Waals surface area contributed by atoms with Gasteiger partial charge in [-0.25, -0.2) is 4.57 Å². The van der Waals surface area contributed by atoms with E-state index in [9.17, 15) is 19.3 Å². The molecule has 308 valence electrons. The fourth-order valence-electron chi connectivity index (χ4n) is 5.65. The highest BCUT2D eigenvalue weighted by atomic mass is 31.2. The molecule has 0 rings (SSSR count). The summed E-state index contributed by atoms with van der Waals surface area (Å²) >= 11 is 0. The fraction of sp³-hybridized carbons (Fsp3) is 0.767. The van der Waals surface area contributed by atoms with Crippen molar-refractivity contribution in [2.75, 3.05) is 13.2 Å². The van der Waals surface area contributed by atoms with Crippen molar-refractivity contribution in [3.8, 4) is 0 Å². The summed E-state index contributed by atoms with van der Waals surface area (Å²) in [7, 11) is -4.78. The first-order valence-corrected chi connectivity index (χ1v) is 22.4. The molecule has 0 heterocycles. The number of aliphatic hydroxyl groups excluding tert-OH is 1. The van der Waals surface area contributed by atoms with E-state index in [2.05, 4.69) is 54.8 Å². The van der Waals surface area contributed by atoms with E-state index in [1.807, 2.05) is 19.1 Å². The van der Waals surface area contributed by atoms with Gasteiger partial charge in [0.25, 0.3) is 0 Å². The largest absolute Gasteiger partial charge is 0.469 e. The van der Waals surface area contributed by atoms with Crippen LogP contribution in [0.25, 0.3) is 0 Å². The molecular weight excluding hydrogens is 691 g/mol. The average Bonchev–Trinajstić information content (AvgIpc) is 3.11. The van der Waals surface area contributed by atoms with Crippen LogP contribution in [-0.4, -0.2) is 52.3 Å². The minimum Gasteiger partial charge on any atom is -0.462 e. The zero-order valence-electron chi connectivity index (χ0n) is 33.7. The number of unbranched alkanes of at least 4 members (excludes halogenated alkanes) is 14. The number of carbonyl (C=O) groups excluding carboxylic acids is 2. The van der Waals surface area contributed by atoms with Crippen molar-refractivity contribution in [3.63, 3.8) is 0 Å². The number of allylic oxidation sites excluding steroid dienone is 8. The van der Waals surface area contributed by atoms with E-state index in [4.69, 9.17) is 19.3 Å². The summed E-state index contributed by atoms with van der Waals surface area (Å²) in [6.45, 7) is 5.70. The van der Waals surface area contributed by atoms with Crippen molar-refractivity contribution in [2.45, 2.75) is 193 Å². The van der Waals surface area contributed by atoms with E-state index < -0.39 is 32.5 Å². The number of phosphoric ester groups is 1. The molecule has 0 saturated heterocycles. The monoisotopic (exact) mass is 769 g/mol. The van der Waals surface area contributed by atoms with Crippen LogP contribution in [0.15, 0.2) is 48.6 Å². The van der Waals surface area contributed by atoms with Gasteiger partial charge in [-0.3, -0.25) is 14.1 Å². The lowest BCUT2D eigenvalue weighted by atomic mass is 10.0. The molecule has 9 nitrogen and oxygen atoms in total. The molecule has 0 bridgehead atoms. The summed E-state index contributed by atoms with van der Waals surface area (Å²) in [5, 5.41) is 9.54. The first-order valence-electron chi connectivity index (χ1n) is 20.9. The summed E-state index contributed by atoms with van der Waals surface area (Å²) in [6.07, 6.45) is 40.7. The summed E-state index contributed by atoms with van der Waals surface area (Å²) < 4.78 is 26.3. The van der Waals surface area contributed by atoms with Gasteiger partial charge in [0.1, 0.15) is 6.61 Å². The van der Waals surface area contributed by atoms with Crippen molar-refractivity contribution in [2.24, 2.45) is 5.92 Å². The van der Waals surface area contributed by atoms with E-state index in [1.54, 1.807) is 0 Å². The van der Waals surface area contributed by atoms with Gasteiger partial charge in [-0.2, -0.15) is 0 Å². The molecule has 0 unspecified atom stereocenters. The SMILES string of the molecule is CC[C@@H](O)CC/C=C\C/C=C\C/C=C\C/C=C\CCCC(=O)O[C@H](COC(=O)CCCCCCCCCCCCCCCCC(C)C)COP(=O)(O)O. The molecule has 0 fully saturated rings. The van der Waals surface area contributed by atoms with Gasteiger partial charge in [0, 0.05) is 12.8 Å². The second-order valence-corrected chi connectivity index (χ2v) is 15.8. The summed E-state index contributed by atoms with van der Waals surface area (Å²) in [5.41, 5.74) is 0. The predicted octanol–water partition coefficient (Wildman–Crippen LogP) is 11.6. The van der Waals surface area contributed by atoms with Crippen molar-refractivity contribution >= 4 is 19.8 Å². The number of hydrogen-bond acceptors (Lipinski definition) is 7. The Hall–Kier alpha value is -2.03. The molecule has 0 aromatic heterocycles. The normalized spacial score (nSPS) is 13.6. The maximum Gasteiger partial charge on any atom is 0.469 e. The molecule has 0 amide bonds. The lowest BCUT2D eigenvalue weighted by molar-refractivity contribution is -0.161. The maximum atomic E-state index is 12.4. The number of esters is 2. The van der Waals surface area contributed by atoms with E-state index in [-0.39, 0.29) is 25.6 Å². The van der Waals surface area contributed by atoms with E-state index in [0.717, 1.165) is 57.3 Å². The number of rotatable bonds is 37. The van der Waals surface area contributed by atoms with Gasteiger partial charge in [-0.05, 0) is 63.7 Å². The fourth-order valence-corrected chi connectivity index (χ4v) is 6.01. The van der Waals surface area contributed by atoms with Crippen molar-refractivity contribution in [3.05, 3.63) is 48.6 Å². The second kappa shape index (κ2) is 36.9. The standard InChI is InChI=1S/C43H77O9P/c1-4-40(44)34-30-26-22-18-14-10-6-8-12-16-20-24-28-32-36-43(46)52-41(38-51-53(47,48)49)37-50-42(45)35-31-27-23-19-15-11-7-5-9-13-17-21-25-29-33-39(2)3/h8,10,12,14,20,22,24,26,39-41,44H,4-7,9,11,13,15-19,21,23,25,27-38H2,1-3H3,(H2,47,48,49)/b12-8-,14-10-,24-20-,26-22-/t40-,41-/m1/s1. The summed E-state index contributed by atoms with van der Waals surface area (Å²) in [6, 6.07) is 0. The number of ether oxygens (including phenoxy) is 2. The molecule has 0 aromatic carbocycles. The average molecular weight is 769 g/mol. The van der Waals surface area contributed by atoms with Crippen molar-refractivity contribution < 1.29 is 43.0 Å². The van der Waals surface area contributed by atoms with Gasteiger partial charge >= 0.3 is 19.8 Å². The quantitative estimate of drug-likeness (QED) is 0.0244. The van der Waals surface area contributed by atoms with E-state index >= 15 is 0 Å². The zero-order valence-corrected chi connectivity index (χ0v) is 34.6. The van der Waals surface area contributed by atoms with Gasteiger partial charge in [-0.15, -0.1) is 0 Å². The Balaban J connectivity index is 4.02. The van der Waals surface area contributed by atoms with E-state index in [1.165, 1.54) is 77.0 Å². The van der Waals surface area contributed by atoms with Gasteiger partial charge in [-0.1, -0.05) is 159 Å². The van der Waals surface area contributed by atoms with Crippen LogP contribution in [0.4, 0.5) is 0 Å². The molecule has 0 radical (unpaired) electrons. The van der Waals surface area contributed by atoms with Gasteiger partial charge in [0.15, 0.2) is 6.10 Å². The zero-order chi connectivity index (χ0) is 39.3. The number of phosphoric acid groups is 1. The third-order valence-electron chi connectivity index (χ3n) is 8.94. The Kier molecular flexibility index (Phi) is 35.5. The third-order valence-corrected chi connectivity index (χ3v) is 9.43. The van der Waals surface area contributed by atoms with E-state index in [0.29, 0.717) is 19.3 Å². The molecule has 53 heavy (non-hydrogen) atoms. The van der Waals surface area contributed by atoms with Crippen LogP contribution in [0.2, 0.25) is 0 Å². The number of carbonyl (C=O) groups is 2. The Bertz CT molecular complexity index is 1030. The van der Waals surface area contributed by atoms with Crippen LogP contribution in [0.5, 0.6) is 0 Å². The minimum absolute atomic E-state index is 0.123. The smallest absolute Gasteiger partial charge is 0.462 e. The highest BCUT2D eigenvalue weighted by molar-refractivity contribution is 7.46. The summed E-state index contributed by atoms with van der Waals surface area (Å²) in [4.78, 5) is 42.8. The van der Waals surface area contributed by atoms with Crippen molar-refractivity contribution in [1.29, 1.82) is 0 Å². The van der Waals surface area contributed by atoms with Crippen LogP contribution in [0.1, 0.15) is 181 Å².